The quantitative estimate of drug-likeness (QED) is 0.556. The summed E-state index contributed by atoms with van der Waals surface area (Å²) in [6.45, 7) is 10.3. The SMILES string of the molecule is CCNC(=NCc1ccccc1COCC)N1CCN(c2ccccc2O)CC1. The molecule has 2 aromatic carbocycles. The second-order valence-electron chi connectivity index (χ2n) is 7.04. The molecule has 2 N–H and O–H groups in total. The predicted octanol–water partition coefficient (Wildman–Crippen LogP) is 3.22. The lowest BCUT2D eigenvalue weighted by Crippen LogP contribution is -2.52. The molecule has 0 unspecified atom stereocenters. The van der Waals surface area contributed by atoms with Gasteiger partial charge < -0.3 is 25.0 Å². The lowest BCUT2D eigenvalue weighted by molar-refractivity contribution is 0.133. The molecular weight excluding hydrogens is 364 g/mol. The van der Waals surface area contributed by atoms with E-state index in [-0.39, 0.29) is 0 Å². The van der Waals surface area contributed by atoms with E-state index < -0.39 is 0 Å². The number of para-hydroxylation sites is 2. The van der Waals surface area contributed by atoms with Gasteiger partial charge in [0.15, 0.2) is 5.96 Å². The third kappa shape index (κ3) is 5.64. The Bertz CT molecular complexity index is 801. The van der Waals surface area contributed by atoms with Crippen molar-refractivity contribution < 1.29 is 9.84 Å². The third-order valence-corrected chi connectivity index (χ3v) is 5.12. The molecule has 1 aliphatic heterocycles. The van der Waals surface area contributed by atoms with Crippen LogP contribution < -0.4 is 10.2 Å². The average molecular weight is 397 g/mol. The number of benzene rings is 2. The number of nitrogens with one attached hydrogen (secondary N) is 1. The Balaban J connectivity index is 1.65. The maximum atomic E-state index is 10.1. The Morgan fingerprint density at radius 1 is 1.00 bits per heavy atom. The van der Waals surface area contributed by atoms with Crippen LogP contribution in [0, 0.1) is 0 Å². The van der Waals surface area contributed by atoms with Gasteiger partial charge in [0.25, 0.3) is 0 Å². The first kappa shape index (κ1) is 21.0. The van der Waals surface area contributed by atoms with E-state index in [4.69, 9.17) is 9.73 Å². The topological polar surface area (TPSA) is 60.3 Å². The average Bonchev–Trinajstić information content (AvgIpc) is 2.76. The second-order valence-corrected chi connectivity index (χ2v) is 7.04. The van der Waals surface area contributed by atoms with Crippen LogP contribution in [0.4, 0.5) is 5.69 Å². The highest BCUT2D eigenvalue weighted by atomic mass is 16.5. The molecule has 3 rings (SSSR count). The minimum atomic E-state index is 0.340. The van der Waals surface area contributed by atoms with E-state index in [2.05, 4.69) is 40.2 Å². The van der Waals surface area contributed by atoms with Gasteiger partial charge in [0, 0.05) is 39.3 Å². The van der Waals surface area contributed by atoms with E-state index in [1.54, 1.807) is 6.07 Å². The lowest BCUT2D eigenvalue weighted by atomic mass is 10.1. The van der Waals surface area contributed by atoms with Gasteiger partial charge in [-0.15, -0.1) is 0 Å². The van der Waals surface area contributed by atoms with Crippen molar-refractivity contribution in [1.82, 2.24) is 10.2 Å². The van der Waals surface area contributed by atoms with Crippen molar-refractivity contribution in [2.45, 2.75) is 27.0 Å². The number of aromatic hydroxyl groups is 1. The number of phenolic OH excluding ortho intramolecular Hbond substituents is 1. The highest BCUT2D eigenvalue weighted by Gasteiger charge is 2.21. The van der Waals surface area contributed by atoms with Crippen molar-refractivity contribution in [2.24, 2.45) is 4.99 Å². The minimum absolute atomic E-state index is 0.340. The summed E-state index contributed by atoms with van der Waals surface area (Å²) in [5.41, 5.74) is 3.29. The molecule has 0 aromatic heterocycles. The van der Waals surface area contributed by atoms with Crippen LogP contribution in [-0.4, -0.2) is 55.3 Å². The second kappa shape index (κ2) is 10.7. The van der Waals surface area contributed by atoms with Crippen LogP contribution in [0.15, 0.2) is 53.5 Å². The fourth-order valence-electron chi connectivity index (χ4n) is 3.54. The molecule has 1 heterocycles. The number of rotatable bonds is 7. The molecule has 1 saturated heterocycles. The van der Waals surface area contributed by atoms with E-state index in [0.717, 1.165) is 44.4 Å². The maximum Gasteiger partial charge on any atom is 0.194 e. The van der Waals surface area contributed by atoms with Gasteiger partial charge in [-0.1, -0.05) is 36.4 Å². The number of hydrogen-bond acceptors (Lipinski definition) is 4. The Kier molecular flexibility index (Phi) is 7.76. The Labute approximate surface area is 173 Å². The van der Waals surface area contributed by atoms with Crippen LogP contribution in [-0.2, 0) is 17.9 Å². The fraction of sp³-hybridized carbons (Fsp3) is 0.435. The van der Waals surface area contributed by atoms with Crippen molar-refractivity contribution in [3.8, 4) is 5.75 Å². The van der Waals surface area contributed by atoms with Gasteiger partial charge in [-0.2, -0.15) is 0 Å². The largest absolute Gasteiger partial charge is 0.506 e. The molecule has 1 aliphatic rings. The molecule has 1 fully saturated rings. The summed E-state index contributed by atoms with van der Waals surface area (Å²) in [5, 5.41) is 13.5. The summed E-state index contributed by atoms with van der Waals surface area (Å²) in [7, 11) is 0. The summed E-state index contributed by atoms with van der Waals surface area (Å²) in [5.74, 6) is 1.28. The van der Waals surface area contributed by atoms with Crippen molar-refractivity contribution in [3.05, 3.63) is 59.7 Å². The highest BCUT2D eigenvalue weighted by molar-refractivity contribution is 5.80. The molecule has 0 amide bonds. The van der Waals surface area contributed by atoms with Gasteiger partial charge in [-0.25, -0.2) is 4.99 Å². The number of aliphatic imine (C=N–C) groups is 1. The molecule has 0 bridgehead atoms. The van der Waals surface area contributed by atoms with Gasteiger partial charge in [0.05, 0.1) is 18.8 Å². The first-order valence-corrected chi connectivity index (χ1v) is 10.4. The number of guanidine groups is 1. The Hall–Kier alpha value is -2.73. The lowest BCUT2D eigenvalue weighted by Gasteiger charge is -2.37. The van der Waals surface area contributed by atoms with E-state index in [9.17, 15) is 5.11 Å². The van der Waals surface area contributed by atoms with Crippen molar-refractivity contribution in [2.75, 3.05) is 44.2 Å². The van der Waals surface area contributed by atoms with Crippen molar-refractivity contribution in [3.63, 3.8) is 0 Å². The molecule has 6 nitrogen and oxygen atoms in total. The Morgan fingerprint density at radius 2 is 1.69 bits per heavy atom. The normalized spacial score (nSPS) is 14.9. The van der Waals surface area contributed by atoms with Gasteiger partial charge in [0.2, 0.25) is 0 Å². The number of nitrogens with zero attached hydrogens (tertiary/aromatic N) is 3. The predicted molar refractivity (Wildman–Crippen MR) is 118 cm³/mol. The number of anilines is 1. The smallest absolute Gasteiger partial charge is 0.194 e. The van der Waals surface area contributed by atoms with Crippen LogP contribution in [0.2, 0.25) is 0 Å². The van der Waals surface area contributed by atoms with Crippen LogP contribution in [0.3, 0.4) is 0 Å². The monoisotopic (exact) mass is 396 g/mol. The zero-order chi connectivity index (χ0) is 20.5. The summed E-state index contributed by atoms with van der Waals surface area (Å²) in [6, 6.07) is 15.9. The highest BCUT2D eigenvalue weighted by Crippen LogP contribution is 2.27. The van der Waals surface area contributed by atoms with Gasteiger partial charge in [0.1, 0.15) is 5.75 Å². The van der Waals surface area contributed by atoms with E-state index in [1.807, 2.05) is 31.2 Å². The summed E-state index contributed by atoms with van der Waals surface area (Å²) < 4.78 is 5.59. The van der Waals surface area contributed by atoms with Crippen LogP contribution in [0.25, 0.3) is 0 Å². The van der Waals surface area contributed by atoms with Gasteiger partial charge in [-0.3, -0.25) is 0 Å². The fourth-order valence-corrected chi connectivity index (χ4v) is 3.54. The van der Waals surface area contributed by atoms with Crippen LogP contribution in [0.5, 0.6) is 5.75 Å². The molecule has 0 spiro atoms. The van der Waals surface area contributed by atoms with E-state index in [0.29, 0.717) is 25.5 Å². The number of piperazine rings is 1. The molecule has 0 aliphatic carbocycles. The van der Waals surface area contributed by atoms with Crippen LogP contribution >= 0.6 is 0 Å². The minimum Gasteiger partial charge on any atom is -0.506 e. The van der Waals surface area contributed by atoms with Crippen molar-refractivity contribution >= 4 is 11.6 Å². The molecule has 156 valence electrons. The molecule has 29 heavy (non-hydrogen) atoms. The zero-order valence-electron chi connectivity index (χ0n) is 17.5. The van der Waals surface area contributed by atoms with E-state index in [1.165, 1.54) is 11.1 Å². The first-order chi connectivity index (χ1) is 14.2. The number of phenols is 1. The Morgan fingerprint density at radius 3 is 2.38 bits per heavy atom. The molecule has 6 heteroatoms. The molecule has 0 radical (unpaired) electrons. The summed E-state index contributed by atoms with van der Waals surface area (Å²) in [6.07, 6.45) is 0. The number of hydrogen-bond donors (Lipinski definition) is 2. The molecular formula is C23H32N4O2. The van der Waals surface area contributed by atoms with Gasteiger partial charge >= 0.3 is 0 Å². The van der Waals surface area contributed by atoms with Crippen molar-refractivity contribution in [1.29, 1.82) is 0 Å². The van der Waals surface area contributed by atoms with Crippen LogP contribution in [0.1, 0.15) is 25.0 Å². The van der Waals surface area contributed by atoms with Gasteiger partial charge in [-0.05, 0) is 37.1 Å². The maximum absolute atomic E-state index is 10.1. The summed E-state index contributed by atoms with van der Waals surface area (Å²) >= 11 is 0. The molecule has 0 saturated carbocycles. The third-order valence-electron chi connectivity index (χ3n) is 5.12. The number of ether oxygens (including phenoxy) is 1. The zero-order valence-corrected chi connectivity index (χ0v) is 17.5. The van der Waals surface area contributed by atoms with E-state index >= 15 is 0 Å². The molecule has 2 aromatic rings. The molecule has 0 atom stereocenters. The first-order valence-electron chi connectivity index (χ1n) is 10.4. The standard InChI is InChI=1S/C23H32N4O2/c1-3-24-23(25-17-19-9-5-6-10-20(19)18-29-4-2)27-15-13-26(14-16-27)21-11-7-8-12-22(21)28/h5-12,28H,3-4,13-18H2,1-2H3,(H,24,25). The summed E-state index contributed by atoms with van der Waals surface area (Å²) in [4.78, 5) is 9.43.